The predicted molar refractivity (Wildman–Crippen MR) is 101 cm³/mol. The van der Waals surface area contributed by atoms with Gasteiger partial charge < -0.3 is 9.80 Å². The van der Waals surface area contributed by atoms with E-state index in [1.807, 2.05) is 42.5 Å². The van der Waals surface area contributed by atoms with Gasteiger partial charge in [0, 0.05) is 24.8 Å². The number of fused-ring (bicyclic) bond motifs is 1. The summed E-state index contributed by atoms with van der Waals surface area (Å²) < 4.78 is 0. The average Bonchev–Trinajstić information content (AvgIpc) is 3.03. The first-order valence-corrected chi connectivity index (χ1v) is 8.74. The van der Waals surface area contributed by atoms with Crippen LogP contribution in [0.4, 0.5) is 11.4 Å². The lowest BCUT2D eigenvalue weighted by molar-refractivity contribution is -0.121. The van der Waals surface area contributed by atoms with Crippen molar-refractivity contribution in [1.82, 2.24) is 0 Å². The lowest BCUT2D eigenvalue weighted by Crippen LogP contribution is -2.42. The van der Waals surface area contributed by atoms with E-state index in [9.17, 15) is 9.59 Å². The van der Waals surface area contributed by atoms with Crippen molar-refractivity contribution >= 4 is 23.2 Å². The van der Waals surface area contributed by atoms with Crippen LogP contribution in [0.25, 0.3) is 0 Å². The Bertz CT molecular complexity index is 798. The van der Waals surface area contributed by atoms with Crippen molar-refractivity contribution in [3.8, 4) is 0 Å². The highest BCUT2D eigenvalue weighted by atomic mass is 16.2. The van der Waals surface area contributed by atoms with Gasteiger partial charge in [-0.1, -0.05) is 50.2 Å². The molecule has 0 bridgehead atoms. The van der Waals surface area contributed by atoms with E-state index in [1.165, 1.54) is 12.5 Å². The van der Waals surface area contributed by atoms with Crippen molar-refractivity contribution < 1.29 is 9.59 Å². The maximum absolute atomic E-state index is 12.9. The first kappa shape index (κ1) is 17.2. The Hall–Kier alpha value is -2.62. The maximum atomic E-state index is 12.9. The summed E-state index contributed by atoms with van der Waals surface area (Å²) in [6, 6.07) is 15.8. The van der Waals surface area contributed by atoms with Crippen LogP contribution in [0.15, 0.2) is 48.5 Å². The van der Waals surface area contributed by atoms with Gasteiger partial charge in [0.05, 0.1) is 0 Å². The molecule has 0 aromatic heterocycles. The van der Waals surface area contributed by atoms with E-state index in [2.05, 4.69) is 19.9 Å². The number of rotatable bonds is 4. The van der Waals surface area contributed by atoms with E-state index >= 15 is 0 Å². The third kappa shape index (κ3) is 3.43. The lowest BCUT2D eigenvalue weighted by Gasteiger charge is -2.27. The van der Waals surface area contributed by atoms with Crippen molar-refractivity contribution in [2.75, 3.05) is 22.9 Å². The molecule has 1 aliphatic heterocycles. The molecule has 2 aromatic carbocycles. The summed E-state index contributed by atoms with van der Waals surface area (Å²) in [7, 11) is 0. The molecule has 0 fully saturated rings. The van der Waals surface area contributed by atoms with Crippen molar-refractivity contribution in [2.45, 2.75) is 33.1 Å². The Morgan fingerprint density at radius 3 is 2.48 bits per heavy atom. The summed E-state index contributed by atoms with van der Waals surface area (Å²) in [5.41, 5.74) is 4.05. The minimum atomic E-state index is -0.117. The number of benzene rings is 2. The van der Waals surface area contributed by atoms with Crippen molar-refractivity contribution in [1.29, 1.82) is 0 Å². The Morgan fingerprint density at radius 2 is 1.76 bits per heavy atom. The molecule has 0 radical (unpaired) electrons. The molecule has 0 saturated carbocycles. The van der Waals surface area contributed by atoms with Crippen LogP contribution in [0.5, 0.6) is 0 Å². The van der Waals surface area contributed by atoms with E-state index in [1.54, 1.807) is 9.80 Å². The summed E-state index contributed by atoms with van der Waals surface area (Å²) in [5.74, 6) is 0.119. The van der Waals surface area contributed by atoms with Crippen LogP contribution < -0.4 is 9.80 Å². The molecule has 0 spiro atoms. The van der Waals surface area contributed by atoms with E-state index in [4.69, 9.17) is 0 Å². The zero-order valence-electron chi connectivity index (χ0n) is 15.0. The van der Waals surface area contributed by atoms with Crippen molar-refractivity contribution in [3.63, 3.8) is 0 Å². The van der Waals surface area contributed by atoms with Gasteiger partial charge in [0.1, 0.15) is 6.54 Å². The smallest absolute Gasteiger partial charge is 0.247 e. The molecule has 0 aliphatic carbocycles. The number of hydrogen-bond acceptors (Lipinski definition) is 2. The second-order valence-corrected chi connectivity index (χ2v) is 6.74. The number of nitrogens with zero attached hydrogens (tertiary/aromatic N) is 2. The van der Waals surface area contributed by atoms with Gasteiger partial charge in [-0.05, 0) is 35.6 Å². The number of hydrogen-bond donors (Lipinski definition) is 0. The molecule has 0 unspecified atom stereocenters. The fourth-order valence-electron chi connectivity index (χ4n) is 3.41. The molecule has 0 atom stereocenters. The van der Waals surface area contributed by atoms with Gasteiger partial charge in [-0.2, -0.15) is 0 Å². The van der Waals surface area contributed by atoms with Gasteiger partial charge in [0.2, 0.25) is 11.8 Å². The van der Waals surface area contributed by atoms with Crippen LogP contribution in [0.2, 0.25) is 0 Å². The molecule has 2 aromatic rings. The van der Waals surface area contributed by atoms with Gasteiger partial charge in [0.25, 0.3) is 0 Å². The fraction of sp³-hybridized carbons (Fsp3) is 0.333. The number of carbonyl (C=O) groups is 2. The largest absolute Gasteiger partial charge is 0.310 e. The normalized spacial score (nSPS) is 13.0. The van der Waals surface area contributed by atoms with Crippen LogP contribution in [-0.2, 0) is 16.0 Å². The van der Waals surface area contributed by atoms with Crippen molar-refractivity contribution in [3.05, 3.63) is 59.7 Å². The standard InChI is InChI=1S/C21H24N2O2/c1-15(2)18-9-5-7-11-20(18)23(16(3)24)14-21(25)22-13-12-17-8-4-6-10-19(17)22/h4-11,15H,12-14H2,1-3H3. The average molecular weight is 336 g/mol. The molecule has 4 heteroatoms. The Morgan fingerprint density at radius 1 is 1.08 bits per heavy atom. The second kappa shape index (κ2) is 7.09. The summed E-state index contributed by atoms with van der Waals surface area (Å²) >= 11 is 0. The molecule has 2 amide bonds. The predicted octanol–water partition coefficient (Wildman–Crippen LogP) is 3.75. The van der Waals surface area contributed by atoms with Crippen LogP contribution in [0.1, 0.15) is 37.8 Å². The second-order valence-electron chi connectivity index (χ2n) is 6.74. The quantitative estimate of drug-likeness (QED) is 0.853. The van der Waals surface area contributed by atoms with Gasteiger partial charge in [-0.15, -0.1) is 0 Å². The maximum Gasteiger partial charge on any atom is 0.247 e. The summed E-state index contributed by atoms with van der Waals surface area (Å²) in [6.45, 7) is 6.44. The zero-order chi connectivity index (χ0) is 18.0. The highest BCUT2D eigenvalue weighted by molar-refractivity contribution is 6.04. The topological polar surface area (TPSA) is 40.6 Å². The zero-order valence-corrected chi connectivity index (χ0v) is 15.0. The van der Waals surface area contributed by atoms with E-state index in [0.29, 0.717) is 6.54 Å². The molecule has 0 N–H and O–H groups in total. The summed E-state index contributed by atoms with van der Waals surface area (Å²) in [6.07, 6.45) is 0.866. The number of anilines is 2. The Labute approximate surface area is 149 Å². The van der Waals surface area contributed by atoms with Gasteiger partial charge >= 0.3 is 0 Å². The first-order valence-electron chi connectivity index (χ1n) is 8.74. The van der Waals surface area contributed by atoms with E-state index < -0.39 is 0 Å². The summed E-state index contributed by atoms with van der Waals surface area (Å²) in [4.78, 5) is 28.6. The fourth-order valence-corrected chi connectivity index (χ4v) is 3.41. The summed E-state index contributed by atoms with van der Waals surface area (Å²) in [5, 5.41) is 0. The third-order valence-electron chi connectivity index (χ3n) is 4.71. The highest BCUT2D eigenvalue weighted by Gasteiger charge is 2.27. The Balaban J connectivity index is 1.87. The van der Waals surface area contributed by atoms with Gasteiger partial charge in [-0.3, -0.25) is 9.59 Å². The monoisotopic (exact) mass is 336 g/mol. The molecule has 3 rings (SSSR count). The highest BCUT2D eigenvalue weighted by Crippen LogP contribution is 2.30. The van der Waals surface area contributed by atoms with Gasteiger partial charge in [-0.25, -0.2) is 0 Å². The van der Waals surface area contributed by atoms with Crippen LogP contribution in [0.3, 0.4) is 0 Å². The number of amides is 2. The minimum Gasteiger partial charge on any atom is -0.310 e. The van der Waals surface area contributed by atoms with E-state index in [-0.39, 0.29) is 24.3 Å². The number of para-hydroxylation sites is 2. The molecule has 4 nitrogen and oxygen atoms in total. The third-order valence-corrected chi connectivity index (χ3v) is 4.71. The molecule has 1 heterocycles. The van der Waals surface area contributed by atoms with Crippen LogP contribution in [0, 0.1) is 0 Å². The first-order chi connectivity index (χ1) is 12.0. The van der Waals surface area contributed by atoms with Gasteiger partial charge in [0.15, 0.2) is 0 Å². The number of carbonyl (C=O) groups excluding carboxylic acids is 2. The minimum absolute atomic E-state index is 0.0429. The lowest BCUT2D eigenvalue weighted by atomic mass is 10.0. The van der Waals surface area contributed by atoms with Crippen LogP contribution in [-0.4, -0.2) is 24.9 Å². The SMILES string of the molecule is CC(=O)N(CC(=O)N1CCc2ccccc21)c1ccccc1C(C)C. The van der Waals surface area contributed by atoms with E-state index in [0.717, 1.165) is 23.4 Å². The molecule has 25 heavy (non-hydrogen) atoms. The van der Waals surface area contributed by atoms with Crippen molar-refractivity contribution in [2.24, 2.45) is 0 Å². The molecule has 0 saturated heterocycles. The molecule has 1 aliphatic rings. The van der Waals surface area contributed by atoms with Crippen LogP contribution >= 0.6 is 0 Å². The molecular weight excluding hydrogens is 312 g/mol. The Kier molecular flexibility index (Phi) is 4.88. The molecule has 130 valence electrons. The molecular formula is C21H24N2O2.